The fraction of sp³-hybridized carbons (Fsp3) is 1.00. The average molecular weight is 310 g/mol. The Balaban J connectivity index is 0. The fourth-order valence-electron chi connectivity index (χ4n) is 1.11. The predicted octanol–water partition coefficient (Wildman–Crippen LogP) is 1.23. The van der Waals surface area contributed by atoms with Crippen LogP contribution in [0.15, 0.2) is 0 Å². The summed E-state index contributed by atoms with van der Waals surface area (Å²) in [4.78, 5) is 0. The average Bonchev–Trinajstić information content (AvgIpc) is 2.50. The largest absolute Gasteiger partial charge is 0.394 e. The number of ether oxygens (including phenoxy) is 4. The minimum atomic E-state index is -0.0856. The summed E-state index contributed by atoms with van der Waals surface area (Å²) < 4.78 is 20.6. The third kappa shape index (κ3) is 17.7. The van der Waals surface area contributed by atoms with Crippen molar-refractivity contribution in [1.82, 2.24) is 0 Å². The molecule has 4 unspecified atom stereocenters. The molecule has 2 N–H and O–H groups in total. The van der Waals surface area contributed by atoms with E-state index in [0.29, 0.717) is 19.8 Å². The van der Waals surface area contributed by atoms with Gasteiger partial charge in [-0.1, -0.05) is 0 Å². The van der Waals surface area contributed by atoms with Gasteiger partial charge >= 0.3 is 0 Å². The zero-order chi connectivity index (χ0) is 16.7. The van der Waals surface area contributed by atoms with E-state index < -0.39 is 0 Å². The lowest BCUT2D eigenvalue weighted by molar-refractivity contribution is -0.0424. The first kappa shape index (κ1) is 23.0. The van der Waals surface area contributed by atoms with Crippen molar-refractivity contribution >= 4 is 0 Å². The van der Waals surface area contributed by atoms with Gasteiger partial charge in [-0.3, -0.25) is 0 Å². The van der Waals surface area contributed by atoms with Gasteiger partial charge in [0.2, 0.25) is 0 Å². The summed E-state index contributed by atoms with van der Waals surface area (Å²) >= 11 is 0. The number of hydrogen-bond acceptors (Lipinski definition) is 6. The molecule has 0 spiro atoms. The van der Waals surface area contributed by atoms with Crippen LogP contribution in [0.1, 0.15) is 34.6 Å². The van der Waals surface area contributed by atoms with Gasteiger partial charge in [0, 0.05) is 13.7 Å². The molecule has 0 aromatic heterocycles. The Morgan fingerprint density at radius 3 is 1.48 bits per heavy atom. The first-order valence-corrected chi connectivity index (χ1v) is 7.50. The van der Waals surface area contributed by atoms with Crippen molar-refractivity contribution in [3.8, 4) is 0 Å². The Kier molecular flexibility index (Phi) is 17.7. The number of methoxy groups -OCH3 is 1. The van der Waals surface area contributed by atoms with E-state index in [1.165, 1.54) is 0 Å². The molecule has 0 heterocycles. The Morgan fingerprint density at radius 2 is 1.14 bits per heavy atom. The van der Waals surface area contributed by atoms with E-state index in [2.05, 4.69) is 0 Å². The predicted molar refractivity (Wildman–Crippen MR) is 82.6 cm³/mol. The smallest absolute Gasteiger partial charge is 0.0780 e. The van der Waals surface area contributed by atoms with E-state index >= 15 is 0 Å². The molecule has 0 aliphatic heterocycles. The molecule has 0 aliphatic rings. The van der Waals surface area contributed by atoms with Crippen LogP contribution in [0.2, 0.25) is 0 Å². The third-order valence-electron chi connectivity index (χ3n) is 2.60. The van der Waals surface area contributed by atoms with Crippen LogP contribution >= 0.6 is 0 Å². The molecule has 0 aromatic rings. The number of aliphatic hydroxyl groups excluding tert-OH is 2. The molecule has 0 rings (SSSR count). The van der Waals surface area contributed by atoms with Crippen LogP contribution in [0.3, 0.4) is 0 Å². The monoisotopic (exact) mass is 310 g/mol. The van der Waals surface area contributed by atoms with Gasteiger partial charge in [0.25, 0.3) is 0 Å². The summed E-state index contributed by atoms with van der Waals surface area (Å²) in [6, 6.07) is 0. The second kappa shape index (κ2) is 16.1. The molecule has 0 bridgehead atoms. The second-order valence-electron chi connectivity index (χ2n) is 4.97. The van der Waals surface area contributed by atoms with Crippen LogP contribution in [0.25, 0.3) is 0 Å². The molecule has 0 aromatic carbocycles. The van der Waals surface area contributed by atoms with Gasteiger partial charge in [0.1, 0.15) is 0 Å². The van der Waals surface area contributed by atoms with Gasteiger partial charge in [0.15, 0.2) is 0 Å². The molecule has 6 nitrogen and oxygen atoms in total. The minimum Gasteiger partial charge on any atom is -0.394 e. The van der Waals surface area contributed by atoms with E-state index in [4.69, 9.17) is 29.2 Å². The van der Waals surface area contributed by atoms with Crippen LogP contribution in [0.5, 0.6) is 0 Å². The van der Waals surface area contributed by atoms with Gasteiger partial charge in [-0.25, -0.2) is 0 Å². The Hall–Kier alpha value is -0.240. The number of aliphatic hydroxyl groups is 2. The maximum absolute atomic E-state index is 8.61. The van der Waals surface area contributed by atoms with Crippen LogP contribution in [0, 0.1) is 0 Å². The van der Waals surface area contributed by atoms with Crippen molar-refractivity contribution in [1.29, 1.82) is 0 Å². The molecule has 6 heteroatoms. The van der Waals surface area contributed by atoms with E-state index in [1.54, 1.807) is 7.11 Å². The lowest BCUT2D eigenvalue weighted by Crippen LogP contribution is -2.22. The number of hydrogen-bond donors (Lipinski definition) is 2. The van der Waals surface area contributed by atoms with Crippen LogP contribution < -0.4 is 0 Å². The summed E-state index contributed by atoms with van der Waals surface area (Å²) in [5, 5.41) is 17.2. The van der Waals surface area contributed by atoms with Gasteiger partial charge < -0.3 is 29.2 Å². The van der Waals surface area contributed by atoms with E-state index in [0.717, 1.165) is 0 Å². The third-order valence-corrected chi connectivity index (χ3v) is 2.60. The molecule has 0 saturated carbocycles. The van der Waals surface area contributed by atoms with Gasteiger partial charge in [-0.15, -0.1) is 0 Å². The summed E-state index contributed by atoms with van der Waals surface area (Å²) in [6.07, 6.45) is 0.0542. The Morgan fingerprint density at radius 1 is 0.714 bits per heavy atom. The highest BCUT2D eigenvalue weighted by molar-refractivity contribution is 4.50. The molecule has 0 amide bonds. The van der Waals surface area contributed by atoms with Crippen LogP contribution in [-0.4, -0.2) is 74.8 Å². The van der Waals surface area contributed by atoms with Crippen LogP contribution in [-0.2, 0) is 18.9 Å². The summed E-state index contributed by atoms with van der Waals surface area (Å²) in [5.41, 5.74) is 0. The number of rotatable bonds is 11. The SMILES string of the molecule is CCOC(C)COC(C)CO.COC(C)COC(C)CO. The fourth-order valence-corrected chi connectivity index (χ4v) is 1.11. The molecule has 130 valence electrons. The highest BCUT2D eigenvalue weighted by atomic mass is 16.5. The molecule has 0 radical (unpaired) electrons. The van der Waals surface area contributed by atoms with Crippen molar-refractivity contribution in [2.75, 3.05) is 40.1 Å². The minimum absolute atomic E-state index is 0.0659. The molecular formula is C15H34O6. The lowest BCUT2D eigenvalue weighted by Gasteiger charge is -2.14. The van der Waals surface area contributed by atoms with Crippen molar-refractivity contribution in [2.45, 2.75) is 59.0 Å². The lowest BCUT2D eigenvalue weighted by atomic mass is 10.4. The van der Waals surface area contributed by atoms with Crippen molar-refractivity contribution in [3.63, 3.8) is 0 Å². The van der Waals surface area contributed by atoms with E-state index in [9.17, 15) is 0 Å². The highest BCUT2D eigenvalue weighted by Gasteiger charge is 2.04. The van der Waals surface area contributed by atoms with Gasteiger partial charge in [0.05, 0.1) is 50.8 Å². The highest BCUT2D eigenvalue weighted by Crippen LogP contribution is 1.95. The Labute approximate surface area is 129 Å². The quantitative estimate of drug-likeness (QED) is 0.598. The standard InChI is InChI=1S/C8H18O3.C7H16O3/c1-4-10-8(3)6-11-7(2)5-9;1-6(4-8)10-5-7(2)9-3/h7-9H,4-6H2,1-3H3;6-8H,4-5H2,1-3H3. The normalized spacial score (nSPS) is 16.6. The molecule has 21 heavy (non-hydrogen) atoms. The van der Waals surface area contributed by atoms with Crippen LogP contribution in [0.4, 0.5) is 0 Å². The van der Waals surface area contributed by atoms with Crippen molar-refractivity contribution < 1.29 is 29.2 Å². The Bertz CT molecular complexity index is 193. The summed E-state index contributed by atoms with van der Waals surface area (Å²) in [5.74, 6) is 0. The van der Waals surface area contributed by atoms with Crippen molar-refractivity contribution in [3.05, 3.63) is 0 Å². The van der Waals surface area contributed by atoms with Crippen molar-refractivity contribution in [2.24, 2.45) is 0 Å². The first-order valence-electron chi connectivity index (χ1n) is 7.50. The molecule has 0 fully saturated rings. The van der Waals surface area contributed by atoms with Gasteiger partial charge in [-0.05, 0) is 34.6 Å². The first-order chi connectivity index (χ1) is 9.90. The maximum Gasteiger partial charge on any atom is 0.0780 e. The zero-order valence-corrected chi connectivity index (χ0v) is 14.4. The molecule has 0 aliphatic carbocycles. The molecule has 4 atom stereocenters. The van der Waals surface area contributed by atoms with E-state index in [-0.39, 0.29) is 37.6 Å². The molecule has 0 saturated heterocycles. The zero-order valence-electron chi connectivity index (χ0n) is 14.4. The summed E-state index contributed by atoms with van der Waals surface area (Å²) in [6.45, 7) is 11.4. The molecular weight excluding hydrogens is 276 g/mol. The second-order valence-corrected chi connectivity index (χ2v) is 4.97. The topological polar surface area (TPSA) is 77.4 Å². The maximum atomic E-state index is 8.61. The van der Waals surface area contributed by atoms with E-state index in [1.807, 2.05) is 34.6 Å². The summed E-state index contributed by atoms with van der Waals surface area (Å²) in [7, 11) is 1.64. The van der Waals surface area contributed by atoms with Gasteiger partial charge in [-0.2, -0.15) is 0 Å².